The van der Waals surface area contributed by atoms with Gasteiger partial charge in [-0.25, -0.2) is 4.79 Å². The largest absolute Gasteiger partial charge is 0.419 e. The van der Waals surface area contributed by atoms with Crippen molar-refractivity contribution < 1.29 is 27.8 Å². The minimum absolute atomic E-state index is 0.157. The molecule has 1 aromatic carbocycles. The standard InChI is InChI=1S/C15H19F3N2O3/c1-2-23-9-11-5-3-4-6-12(11)19-13(21)20-8-7-14(22,10-20)15(16,17)18/h3-6,22H,2,7-10H2,1H3,(H,19,21). The average molecular weight is 332 g/mol. The minimum Gasteiger partial charge on any atom is -0.379 e. The number of likely N-dealkylation sites (tertiary alicyclic amines) is 1. The molecule has 0 radical (unpaired) electrons. The molecule has 0 saturated carbocycles. The topological polar surface area (TPSA) is 61.8 Å². The Bertz CT molecular complexity index is 565. The molecule has 2 rings (SSSR count). The first-order valence-corrected chi connectivity index (χ1v) is 7.27. The van der Waals surface area contributed by atoms with E-state index >= 15 is 0 Å². The summed E-state index contributed by atoms with van der Waals surface area (Å²) in [5.41, 5.74) is -1.63. The van der Waals surface area contributed by atoms with E-state index in [2.05, 4.69) is 5.32 Å². The fraction of sp³-hybridized carbons (Fsp3) is 0.533. The maximum absolute atomic E-state index is 12.8. The van der Waals surface area contributed by atoms with Crippen molar-refractivity contribution in [2.45, 2.75) is 31.7 Å². The number of aliphatic hydroxyl groups is 1. The molecule has 8 heteroatoms. The molecule has 1 atom stereocenters. The number of hydrogen-bond acceptors (Lipinski definition) is 3. The molecule has 128 valence electrons. The van der Waals surface area contributed by atoms with Crippen LogP contribution in [0.4, 0.5) is 23.7 Å². The molecule has 0 aliphatic carbocycles. The highest BCUT2D eigenvalue weighted by atomic mass is 19.4. The molecule has 1 heterocycles. The number of β-amino-alcohol motifs (C(OH)–C–C–N with tert-alkyl or cyclic N) is 1. The maximum Gasteiger partial charge on any atom is 0.419 e. The molecule has 5 nitrogen and oxygen atoms in total. The van der Waals surface area contributed by atoms with Crippen LogP contribution in [0.5, 0.6) is 0 Å². The van der Waals surface area contributed by atoms with Crippen LogP contribution < -0.4 is 5.32 Å². The van der Waals surface area contributed by atoms with Gasteiger partial charge >= 0.3 is 12.2 Å². The third-order valence-corrected chi connectivity index (χ3v) is 3.78. The summed E-state index contributed by atoms with van der Waals surface area (Å²) in [5, 5.41) is 12.2. The van der Waals surface area contributed by atoms with Gasteiger partial charge in [-0.15, -0.1) is 0 Å². The fourth-order valence-corrected chi connectivity index (χ4v) is 2.37. The first-order valence-electron chi connectivity index (χ1n) is 7.27. The van der Waals surface area contributed by atoms with E-state index in [1.165, 1.54) is 0 Å². The van der Waals surface area contributed by atoms with Gasteiger partial charge in [-0.1, -0.05) is 18.2 Å². The van der Waals surface area contributed by atoms with Crippen LogP contribution in [-0.4, -0.2) is 47.5 Å². The minimum atomic E-state index is -4.76. The smallest absolute Gasteiger partial charge is 0.379 e. The summed E-state index contributed by atoms with van der Waals surface area (Å²) in [7, 11) is 0. The Labute approximate surface area is 132 Å². The SMILES string of the molecule is CCOCc1ccccc1NC(=O)N1CCC(O)(C(F)(F)F)C1. The molecule has 1 aromatic rings. The number of benzene rings is 1. The van der Waals surface area contributed by atoms with Crippen molar-refractivity contribution in [3.8, 4) is 0 Å². The van der Waals surface area contributed by atoms with Crippen molar-refractivity contribution in [2.75, 3.05) is 25.0 Å². The van der Waals surface area contributed by atoms with E-state index in [0.29, 0.717) is 18.9 Å². The summed E-state index contributed by atoms with van der Waals surface area (Å²) in [5.74, 6) is 0. The molecule has 1 unspecified atom stereocenters. The number of hydrogen-bond donors (Lipinski definition) is 2. The highest BCUT2D eigenvalue weighted by molar-refractivity contribution is 5.90. The molecular weight excluding hydrogens is 313 g/mol. The van der Waals surface area contributed by atoms with Crippen LogP contribution in [0, 0.1) is 0 Å². The number of carbonyl (C=O) groups excluding carboxylic acids is 1. The highest BCUT2D eigenvalue weighted by Crippen LogP contribution is 2.37. The third-order valence-electron chi connectivity index (χ3n) is 3.78. The molecule has 2 amide bonds. The summed E-state index contributed by atoms with van der Waals surface area (Å²) in [6, 6.07) is 6.23. The van der Waals surface area contributed by atoms with E-state index in [4.69, 9.17) is 4.74 Å². The molecule has 0 aromatic heterocycles. The summed E-state index contributed by atoms with van der Waals surface area (Å²) in [6.45, 7) is 1.71. The van der Waals surface area contributed by atoms with E-state index in [-0.39, 0.29) is 6.54 Å². The van der Waals surface area contributed by atoms with Crippen LogP contribution in [0.15, 0.2) is 24.3 Å². The van der Waals surface area contributed by atoms with Gasteiger partial charge in [0.15, 0.2) is 5.60 Å². The molecule has 1 aliphatic rings. The lowest BCUT2D eigenvalue weighted by atomic mass is 10.0. The number of alkyl halides is 3. The number of para-hydroxylation sites is 1. The Morgan fingerprint density at radius 2 is 2.13 bits per heavy atom. The molecule has 2 N–H and O–H groups in total. The van der Waals surface area contributed by atoms with E-state index in [1.54, 1.807) is 24.3 Å². The van der Waals surface area contributed by atoms with Crippen molar-refractivity contribution in [1.82, 2.24) is 4.90 Å². The summed E-state index contributed by atoms with van der Waals surface area (Å²) < 4.78 is 43.7. The van der Waals surface area contributed by atoms with E-state index < -0.39 is 30.8 Å². The van der Waals surface area contributed by atoms with E-state index in [1.807, 2.05) is 6.92 Å². The average Bonchev–Trinajstić information content (AvgIpc) is 2.90. The van der Waals surface area contributed by atoms with Crippen molar-refractivity contribution in [2.24, 2.45) is 0 Å². The zero-order valence-corrected chi connectivity index (χ0v) is 12.7. The van der Waals surface area contributed by atoms with Crippen LogP contribution in [-0.2, 0) is 11.3 Å². The predicted octanol–water partition coefficient (Wildman–Crippen LogP) is 2.75. The number of rotatable bonds is 4. The van der Waals surface area contributed by atoms with Gasteiger partial charge in [0, 0.05) is 30.8 Å². The van der Waals surface area contributed by atoms with Gasteiger partial charge in [-0.05, 0) is 13.0 Å². The van der Waals surface area contributed by atoms with E-state index in [0.717, 1.165) is 10.5 Å². The van der Waals surface area contributed by atoms with Gasteiger partial charge in [0.1, 0.15) is 0 Å². The van der Waals surface area contributed by atoms with Crippen LogP contribution >= 0.6 is 0 Å². The van der Waals surface area contributed by atoms with Crippen molar-refractivity contribution in [1.29, 1.82) is 0 Å². The van der Waals surface area contributed by atoms with Crippen molar-refractivity contribution in [3.63, 3.8) is 0 Å². The van der Waals surface area contributed by atoms with Crippen molar-refractivity contribution >= 4 is 11.7 Å². The Hall–Kier alpha value is -1.80. The van der Waals surface area contributed by atoms with Crippen LogP contribution in [0.1, 0.15) is 18.9 Å². The highest BCUT2D eigenvalue weighted by Gasteiger charge is 2.57. The molecule has 0 spiro atoms. The monoisotopic (exact) mass is 332 g/mol. The lowest BCUT2D eigenvalue weighted by molar-refractivity contribution is -0.253. The maximum atomic E-state index is 12.8. The van der Waals surface area contributed by atoms with Gasteiger partial charge in [0.25, 0.3) is 0 Å². The molecule has 0 bridgehead atoms. The lowest BCUT2D eigenvalue weighted by Gasteiger charge is -2.26. The first kappa shape index (κ1) is 17.6. The van der Waals surface area contributed by atoms with E-state index in [9.17, 15) is 23.1 Å². The Morgan fingerprint density at radius 3 is 2.74 bits per heavy atom. The quantitative estimate of drug-likeness (QED) is 0.891. The number of carbonyl (C=O) groups is 1. The molecule has 1 fully saturated rings. The lowest BCUT2D eigenvalue weighted by Crippen LogP contribution is -2.48. The Balaban J connectivity index is 2.04. The van der Waals surface area contributed by atoms with Crippen molar-refractivity contribution in [3.05, 3.63) is 29.8 Å². The number of urea groups is 1. The normalized spacial score (nSPS) is 21.5. The second-order valence-corrected chi connectivity index (χ2v) is 5.43. The fourth-order valence-electron chi connectivity index (χ4n) is 2.37. The van der Waals surface area contributed by atoms with Gasteiger partial charge in [-0.3, -0.25) is 0 Å². The number of anilines is 1. The summed E-state index contributed by atoms with van der Waals surface area (Å²) >= 11 is 0. The van der Waals surface area contributed by atoms with Crippen LogP contribution in [0.2, 0.25) is 0 Å². The summed E-state index contributed by atoms with van der Waals surface area (Å²) in [6.07, 6.45) is -5.28. The molecule has 1 saturated heterocycles. The van der Waals surface area contributed by atoms with Gasteiger partial charge < -0.3 is 20.1 Å². The number of amides is 2. The Morgan fingerprint density at radius 1 is 1.43 bits per heavy atom. The number of halogens is 3. The van der Waals surface area contributed by atoms with Crippen LogP contribution in [0.25, 0.3) is 0 Å². The molecule has 1 aliphatic heterocycles. The third kappa shape index (κ3) is 3.94. The molecular formula is C15H19F3N2O3. The Kier molecular flexibility index (Phi) is 5.16. The zero-order chi connectivity index (χ0) is 17.1. The number of ether oxygens (including phenoxy) is 1. The first-order chi connectivity index (χ1) is 10.8. The van der Waals surface area contributed by atoms with Gasteiger partial charge in [-0.2, -0.15) is 13.2 Å². The number of nitrogens with zero attached hydrogens (tertiary/aromatic N) is 1. The number of nitrogens with one attached hydrogen (secondary N) is 1. The second kappa shape index (κ2) is 6.76. The van der Waals surface area contributed by atoms with Gasteiger partial charge in [0.2, 0.25) is 0 Å². The molecule has 23 heavy (non-hydrogen) atoms. The van der Waals surface area contributed by atoms with Crippen LogP contribution in [0.3, 0.4) is 0 Å². The summed E-state index contributed by atoms with van der Waals surface area (Å²) in [4.78, 5) is 13.1. The second-order valence-electron chi connectivity index (χ2n) is 5.43. The predicted molar refractivity (Wildman–Crippen MR) is 78.0 cm³/mol. The van der Waals surface area contributed by atoms with Gasteiger partial charge in [0.05, 0.1) is 13.2 Å². The zero-order valence-electron chi connectivity index (χ0n) is 12.7.